The number of hydrogen-bond donors (Lipinski definition) is 2. The fraction of sp³-hybridized carbons (Fsp3) is 0.400. The van der Waals surface area contributed by atoms with Crippen molar-refractivity contribution in [2.24, 2.45) is 0 Å². The number of aryl methyl sites for hydroxylation is 1. The van der Waals surface area contributed by atoms with Crippen molar-refractivity contribution in [2.45, 2.75) is 33.2 Å². The van der Waals surface area contributed by atoms with Crippen molar-refractivity contribution in [1.82, 2.24) is 4.98 Å². The van der Waals surface area contributed by atoms with Gasteiger partial charge in [-0.2, -0.15) is 0 Å². The summed E-state index contributed by atoms with van der Waals surface area (Å²) in [6.07, 6.45) is 3.55. The fourth-order valence-corrected chi connectivity index (χ4v) is 1.80. The summed E-state index contributed by atoms with van der Waals surface area (Å²) in [5.74, 6) is 2.24. The first-order valence-electron chi connectivity index (χ1n) is 6.93. The van der Waals surface area contributed by atoms with Gasteiger partial charge >= 0.3 is 0 Å². The Labute approximate surface area is 119 Å². The van der Waals surface area contributed by atoms with E-state index in [0.717, 1.165) is 24.3 Å². The second kappa shape index (κ2) is 6.84. The number of nitrogen functional groups attached to an aromatic ring is 1. The zero-order valence-corrected chi connectivity index (χ0v) is 12.0. The van der Waals surface area contributed by atoms with E-state index in [2.05, 4.69) is 17.2 Å². The molecule has 0 aliphatic heterocycles. The van der Waals surface area contributed by atoms with E-state index in [0.29, 0.717) is 30.5 Å². The van der Waals surface area contributed by atoms with Crippen LogP contribution in [0.1, 0.15) is 31.9 Å². The molecule has 1 heterocycles. The van der Waals surface area contributed by atoms with Gasteiger partial charge in [-0.1, -0.05) is 19.9 Å². The zero-order valence-electron chi connectivity index (χ0n) is 12.0. The molecule has 0 saturated carbocycles. The summed E-state index contributed by atoms with van der Waals surface area (Å²) in [5.41, 5.74) is 7.52. The highest BCUT2D eigenvalue weighted by Crippen LogP contribution is 2.29. The van der Waals surface area contributed by atoms with Crippen LogP contribution in [0.2, 0.25) is 0 Å². The molecule has 1 aromatic heterocycles. The summed E-state index contributed by atoms with van der Waals surface area (Å²) < 4.78 is 11.1. The number of ether oxygens (including phenoxy) is 1. The Morgan fingerprint density at radius 1 is 1.35 bits per heavy atom. The van der Waals surface area contributed by atoms with E-state index in [9.17, 15) is 0 Å². The molecule has 20 heavy (non-hydrogen) atoms. The van der Waals surface area contributed by atoms with Gasteiger partial charge in [-0.15, -0.1) is 0 Å². The number of benzene rings is 1. The van der Waals surface area contributed by atoms with Gasteiger partial charge in [0.05, 0.1) is 30.7 Å². The maximum atomic E-state index is 6.08. The van der Waals surface area contributed by atoms with Crippen molar-refractivity contribution in [2.75, 3.05) is 17.7 Å². The minimum atomic E-state index is 0.501. The summed E-state index contributed by atoms with van der Waals surface area (Å²) >= 11 is 0. The minimum absolute atomic E-state index is 0.501. The Balaban J connectivity index is 2.01. The molecule has 0 fully saturated rings. The van der Waals surface area contributed by atoms with Gasteiger partial charge in [-0.25, -0.2) is 4.98 Å². The van der Waals surface area contributed by atoms with Crippen LogP contribution in [0.15, 0.2) is 28.8 Å². The normalized spacial score (nSPS) is 10.5. The Bertz CT molecular complexity index is 552. The van der Waals surface area contributed by atoms with Crippen LogP contribution in [0.25, 0.3) is 0 Å². The number of nitrogens with zero attached hydrogens (tertiary/aromatic N) is 1. The van der Waals surface area contributed by atoms with E-state index >= 15 is 0 Å². The lowest BCUT2D eigenvalue weighted by Gasteiger charge is -2.12. The van der Waals surface area contributed by atoms with E-state index in [-0.39, 0.29) is 0 Å². The Morgan fingerprint density at radius 2 is 2.20 bits per heavy atom. The largest absolute Gasteiger partial charge is 0.491 e. The molecule has 2 rings (SSSR count). The third-order valence-electron chi connectivity index (χ3n) is 2.91. The van der Waals surface area contributed by atoms with Gasteiger partial charge < -0.3 is 20.2 Å². The number of anilines is 2. The van der Waals surface area contributed by atoms with Crippen LogP contribution in [0.4, 0.5) is 11.4 Å². The van der Waals surface area contributed by atoms with Crippen LogP contribution < -0.4 is 15.8 Å². The number of aromatic nitrogens is 1. The van der Waals surface area contributed by atoms with Crippen LogP contribution in [0.5, 0.6) is 5.75 Å². The molecule has 0 amide bonds. The lowest BCUT2D eigenvalue weighted by atomic mass is 10.2. The number of hydrogen-bond acceptors (Lipinski definition) is 5. The first-order valence-corrected chi connectivity index (χ1v) is 6.93. The number of oxazole rings is 1. The van der Waals surface area contributed by atoms with Crippen LogP contribution in [-0.4, -0.2) is 11.6 Å². The van der Waals surface area contributed by atoms with Gasteiger partial charge in [0, 0.05) is 6.42 Å². The SMILES string of the molecule is CCCOc1cccc(NCc2ncc(CC)o2)c1N. The van der Waals surface area contributed by atoms with Crippen molar-refractivity contribution < 1.29 is 9.15 Å². The van der Waals surface area contributed by atoms with E-state index in [1.807, 2.05) is 25.1 Å². The molecule has 0 saturated heterocycles. The monoisotopic (exact) mass is 275 g/mol. The predicted molar refractivity (Wildman–Crippen MR) is 79.8 cm³/mol. The van der Waals surface area contributed by atoms with E-state index in [4.69, 9.17) is 14.9 Å². The van der Waals surface area contributed by atoms with Crippen LogP contribution >= 0.6 is 0 Å². The van der Waals surface area contributed by atoms with Gasteiger partial charge in [-0.3, -0.25) is 0 Å². The molecule has 0 bridgehead atoms. The van der Waals surface area contributed by atoms with Gasteiger partial charge in [0.25, 0.3) is 0 Å². The summed E-state index contributed by atoms with van der Waals surface area (Å²) in [5, 5.41) is 3.22. The summed E-state index contributed by atoms with van der Waals surface area (Å²) in [7, 11) is 0. The summed E-state index contributed by atoms with van der Waals surface area (Å²) in [6, 6.07) is 5.70. The second-order valence-electron chi connectivity index (χ2n) is 4.49. The number of rotatable bonds is 7. The molecule has 108 valence electrons. The first kappa shape index (κ1) is 14.2. The maximum Gasteiger partial charge on any atom is 0.213 e. The number of para-hydroxylation sites is 1. The molecule has 0 aliphatic rings. The summed E-state index contributed by atoms with van der Waals surface area (Å²) in [4.78, 5) is 4.20. The van der Waals surface area contributed by atoms with Crippen molar-refractivity contribution in [1.29, 1.82) is 0 Å². The number of nitrogens with one attached hydrogen (secondary N) is 1. The molecule has 0 atom stereocenters. The van der Waals surface area contributed by atoms with E-state index in [1.165, 1.54) is 0 Å². The molecule has 0 unspecified atom stereocenters. The molecular formula is C15H21N3O2. The second-order valence-corrected chi connectivity index (χ2v) is 4.49. The first-order chi connectivity index (χ1) is 9.74. The topological polar surface area (TPSA) is 73.3 Å². The third-order valence-corrected chi connectivity index (χ3v) is 2.91. The molecule has 5 nitrogen and oxygen atoms in total. The predicted octanol–water partition coefficient (Wildman–Crippen LogP) is 3.22. The smallest absolute Gasteiger partial charge is 0.213 e. The molecule has 1 aromatic carbocycles. The molecule has 5 heteroatoms. The average Bonchev–Trinajstić information content (AvgIpc) is 2.93. The minimum Gasteiger partial charge on any atom is -0.491 e. The standard InChI is InChI=1S/C15H21N3O2/c1-3-8-19-13-7-5-6-12(15(13)16)17-10-14-18-9-11(4-2)20-14/h5-7,9,17H,3-4,8,10,16H2,1-2H3. The van der Waals surface area contributed by atoms with Crippen molar-refractivity contribution in [3.63, 3.8) is 0 Å². The van der Waals surface area contributed by atoms with Crippen molar-refractivity contribution in [3.05, 3.63) is 36.0 Å². The zero-order chi connectivity index (χ0) is 14.4. The molecule has 0 spiro atoms. The van der Waals surface area contributed by atoms with Gasteiger partial charge in [0.2, 0.25) is 5.89 Å². The van der Waals surface area contributed by atoms with Crippen molar-refractivity contribution >= 4 is 11.4 Å². The fourth-order valence-electron chi connectivity index (χ4n) is 1.80. The quantitative estimate of drug-likeness (QED) is 0.759. The Morgan fingerprint density at radius 3 is 2.90 bits per heavy atom. The van der Waals surface area contributed by atoms with Crippen molar-refractivity contribution in [3.8, 4) is 5.75 Å². The Kier molecular flexibility index (Phi) is 4.87. The molecular weight excluding hydrogens is 254 g/mol. The summed E-state index contributed by atoms with van der Waals surface area (Å²) in [6.45, 7) is 5.26. The Hall–Kier alpha value is -2.17. The van der Waals surface area contributed by atoms with Crippen LogP contribution in [-0.2, 0) is 13.0 Å². The van der Waals surface area contributed by atoms with Crippen LogP contribution in [0.3, 0.4) is 0 Å². The highest BCUT2D eigenvalue weighted by Gasteiger charge is 2.07. The third kappa shape index (κ3) is 3.44. The lowest BCUT2D eigenvalue weighted by molar-refractivity contribution is 0.319. The van der Waals surface area contributed by atoms with Gasteiger partial charge in [0.15, 0.2) is 0 Å². The number of nitrogens with two attached hydrogens (primary N) is 1. The molecule has 2 aromatic rings. The molecule has 3 N–H and O–H groups in total. The van der Waals surface area contributed by atoms with Crippen LogP contribution in [0, 0.1) is 0 Å². The molecule has 0 aliphatic carbocycles. The lowest BCUT2D eigenvalue weighted by Crippen LogP contribution is -2.05. The van der Waals surface area contributed by atoms with Gasteiger partial charge in [-0.05, 0) is 18.6 Å². The highest BCUT2D eigenvalue weighted by molar-refractivity contribution is 5.72. The molecule has 0 radical (unpaired) electrons. The van der Waals surface area contributed by atoms with E-state index in [1.54, 1.807) is 6.20 Å². The van der Waals surface area contributed by atoms with E-state index < -0.39 is 0 Å². The highest BCUT2D eigenvalue weighted by atomic mass is 16.5. The van der Waals surface area contributed by atoms with Gasteiger partial charge in [0.1, 0.15) is 11.5 Å². The average molecular weight is 275 g/mol. The maximum absolute atomic E-state index is 6.08.